The second-order valence-corrected chi connectivity index (χ2v) is 11.1. The van der Waals surface area contributed by atoms with Crippen molar-refractivity contribution in [2.75, 3.05) is 75.6 Å². The number of hydrogen-bond acceptors (Lipinski definition) is 12. The van der Waals surface area contributed by atoms with Crippen molar-refractivity contribution in [3.05, 3.63) is 64.6 Å². The first-order chi connectivity index (χ1) is 21.0. The Balaban J connectivity index is 1.11. The fraction of sp³-hybridized carbons (Fsp3) is 0.367. The fourth-order valence-electron chi connectivity index (χ4n) is 4.66. The highest BCUT2D eigenvalue weighted by molar-refractivity contribution is 8.18. The lowest BCUT2D eigenvalue weighted by atomic mass is 10.2. The number of hydrogen-bond donors (Lipinski definition) is 0. The van der Waals surface area contributed by atoms with Crippen LogP contribution in [0.15, 0.2) is 53.4 Å². The summed E-state index contributed by atoms with van der Waals surface area (Å²) in [5.74, 6) is 1.99. The van der Waals surface area contributed by atoms with Gasteiger partial charge in [-0.15, -0.1) is 0 Å². The first-order valence-corrected chi connectivity index (χ1v) is 15.0. The molecule has 3 aromatic rings. The van der Waals surface area contributed by atoms with E-state index in [1.165, 1.54) is 4.90 Å². The molecule has 3 aliphatic heterocycles. The minimum Gasteiger partial charge on any atom is -0.492 e. The molecule has 0 radical (unpaired) electrons. The molecule has 2 amide bonds. The molecule has 0 spiro atoms. The van der Waals surface area contributed by atoms with Gasteiger partial charge in [0.25, 0.3) is 11.1 Å². The molecule has 0 aliphatic carbocycles. The normalized spacial score (nSPS) is 18.4. The minimum atomic E-state index is -0.334. The highest BCUT2D eigenvalue weighted by atomic mass is 32.2. The molecule has 3 saturated heterocycles. The smallest absolute Gasteiger partial charge is 0.328 e. The average molecular weight is 605 g/mol. The lowest BCUT2D eigenvalue weighted by Gasteiger charge is -2.30. The Bertz CT molecular complexity index is 1440. The van der Waals surface area contributed by atoms with E-state index in [2.05, 4.69) is 19.8 Å². The second-order valence-electron chi connectivity index (χ2n) is 10.1. The van der Waals surface area contributed by atoms with Gasteiger partial charge >= 0.3 is 6.01 Å². The maximum Gasteiger partial charge on any atom is 0.328 e. The lowest BCUT2D eigenvalue weighted by molar-refractivity contribution is -0.123. The van der Waals surface area contributed by atoms with E-state index in [0.29, 0.717) is 80.9 Å². The average Bonchev–Trinajstić information content (AvgIpc) is 3.31. The molecule has 0 atom stereocenters. The number of imide groups is 1. The SMILES string of the molecule is Cc1ccc(OCCN2C(=O)S/C(=C\c3ccc(Oc4nc(N5CCOCC5)nc(N5CCOCC5)n4)cc3)C2=O)cc1. The quantitative estimate of drug-likeness (QED) is 0.331. The maximum atomic E-state index is 12.9. The monoisotopic (exact) mass is 604 g/mol. The van der Waals surface area contributed by atoms with E-state index in [0.717, 1.165) is 22.9 Å². The number of ether oxygens (including phenoxy) is 4. The number of aryl methyl sites for hydroxylation is 1. The second kappa shape index (κ2) is 13.4. The number of benzene rings is 2. The molecule has 1 aromatic heterocycles. The van der Waals surface area contributed by atoms with Crippen LogP contribution in [0.25, 0.3) is 6.08 Å². The van der Waals surface area contributed by atoms with Crippen molar-refractivity contribution < 1.29 is 28.5 Å². The van der Waals surface area contributed by atoms with Crippen LogP contribution in [0.5, 0.6) is 17.5 Å². The van der Waals surface area contributed by atoms with E-state index in [4.69, 9.17) is 23.9 Å². The molecule has 3 aliphatic rings. The number of nitrogens with zero attached hydrogens (tertiary/aromatic N) is 6. The third-order valence-corrected chi connectivity index (χ3v) is 7.95. The molecule has 224 valence electrons. The van der Waals surface area contributed by atoms with Crippen LogP contribution in [-0.2, 0) is 14.3 Å². The summed E-state index contributed by atoms with van der Waals surface area (Å²) in [6.45, 7) is 7.57. The highest BCUT2D eigenvalue weighted by Gasteiger charge is 2.34. The molecule has 43 heavy (non-hydrogen) atoms. The first-order valence-electron chi connectivity index (χ1n) is 14.2. The third kappa shape index (κ3) is 7.24. The van der Waals surface area contributed by atoms with E-state index in [9.17, 15) is 9.59 Å². The predicted molar refractivity (Wildman–Crippen MR) is 162 cm³/mol. The van der Waals surface area contributed by atoms with Gasteiger partial charge in [0.1, 0.15) is 18.1 Å². The van der Waals surface area contributed by atoms with Gasteiger partial charge in [-0.3, -0.25) is 14.5 Å². The summed E-state index contributed by atoms with van der Waals surface area (Å²) in [4.78, 5) is 45.0. The van der Waals surface area contributed by atoms with Crippen LogP contribution in [0.3, 0.4) is 0 Å². The summed E-state index contributed by atoms with van der Waals surface area (Å²) in [6.07, 6.45) is 1.70. The molecule has 6 rings (SSSR count). The number of morpholine rings is 2. The van der Waals surface area contributed by atoms with Gasteiger partial charge in [0, 0.05) is 26.2 Å². The Morgan fingerprint density at radius 3 is 2.00 bits per heavy atom. The van der Waals surface area contributed by atoms with Gasteiger partial charge in [0.15, 0.2) is 0 Å². The van der Waals surface area contributed by atoms with E-state index in [-0.39, 0.29) is 30.3 Å². The Hall–Kier alpha value is -4.20. The summed E-state index contributed by atoms with van der Waals surface area (Å²) < 4.78 is 22.7. The molecule has 0 unspecified atom stereocenters. The highest BCUT2D eigenvalue weighted by Crippen LogP contribution is 2.32. The Morgan fingerprint density at radius 1 is 0.814 bits per heavy atom. The zero-order valence-corrected chi connectivity index (χ0v) is 24.6. The molecule has 4 heterocycles. The van der Waals surface area contributed by atoms with Gasteiger partial charge in [0.05, 0.1) is 37.9 Å². The fourth-order valence-corrected chi connectivity index (χ4v) is 5.53. The lowest BCUT2D eigenvalue weighted by Crippen LogP contribution is -2.40. The van der Waals surface area contributed by atoms with Crippen molar-refractivity contribution in [3.63, 3.8) is 0 Å². The Morgan fingerprint density at radius 2 is 1.40 bits per heavy atom. The number of amides is 2. The van der Waals surface area contributed by atoms with Crippen LogP contribution in [0, 0.1) is 6.92 Å². The number of carbonyl (C=O) groups is 2. The van der Waals surface area contributed by atoms with Crippen LogP contribution in [0.1, 0.15) is 11.1 Å². The van der Waals surface area contributed by atoms with Crippen LogP contribution < -0.4 is 19.3 Å². The van der Waals surface area contributed by atoms with E-state index in [1.807, 2.05) is 43.3 Å². The maximum absolute atomic E-state index is 12.9. The van der Waals surface area contributed by atoms with E-state index >= 15 is 0 Å². The van der Waals surface area contributed by atoms with Crippen LogP contribution in [0.4, 0.5) is 16.7 Å². The molecule has 13 heteroatoms. The van der Waals surface area contributed by atoms with Crippen molar-refractivity contribution in [1.29, 1.82) is 0 Å². The summed E-state index contributed by atoms with van der Waals surface area (Å²) in [5, 5.41) is -0.314. The number of aromatic nitrogens is 3. The Labute approximate surface area is 253 Å². The van der Waals surface area contributed by atoms with E-state index < -0.39 is 0 Å². The minimum absolute atomic E-state index is 0.174. The van der Waals surface area contributed by atoms with Gasteiger partial charge < -0.3 is 28.7 Å². The molecule has 12 nitrogen and oxygen atoms in total. The molecular formula is C30H32N6O6S. The predicted octanol–water partition coefficient (Wildman–Crippen LogP) is 3.76. The van der Waals surface area contributed by atoms with Crippen molar-refractivity contribution >= 4 is 40.9 Å². The van der Waals surface area contributed by atoms with E-state index in [1.54, 1.807) is 18.2 Å². The molecule has 2 aromatic carbocycles. The van der Waals surface area contributed by atoms with Crippen LogP contribution >= 0.6 is 11.8 Å². The summed E-state index contributed by atoms with van der Waals surface area (Å²) in [6, 6.07) is 15.0. The van der Waals surface area contributed by atoms with Crippen LogP contribution in [0.2, 0.25) is 0 Å². The number of thioether (sulfide) groups is 1. The summed E-state index contributed by atoms with van der Waals surface area (Å²) in [7, 11) is 0. The molecule has 3 fully saturated rings. The largest absolute Gasteiger partial charge is 0.492 e. The number of carbonyl (C=O) groups excluding carboxylic acids is 2. The third-order valence-electron chi connectivity index (χ3n) is 7.04. The summed E-state index contributed by atoms with van der Waals surface area (Å²) in [5.41, 5.74) is 1.89. The van der Waals surface area contributed by atoms with Gasteiger partial charge in [-0.25, -0.2) is 0 Å². The molecule has 0 bridgehead atoms. The number of rotatable bonds is 9. The summed E-state index contributed by atoms with van der Waals surface area (Å²) >= 11 is 0.920. The zero-order valence-electron chi connectivity index (χ0n) is 23.8. The van der Waals surface area contributed by atoms with Crippen molar-refractivity contribution in [3.8, 4) is 17.5 Å². The van der Waals surface area contributed by atoms with Gasteiger partial charge in [-0.2, -0.15) is 15.0 Å². The first kappa shape index (κ1) is 28.9. The van der Waals surface area contributed by atoms with Crippen molar-refractivity contribution in [2.45, 2.75) is 6.92 Å². The molecule has 0 saturated carbocycles. The zero-order chi connectivity index (χ0) is 29.6. The van der Waals surface area contributed by atoms with Crippen molar-refractivity contribution in [1.82, 2.24) is 19.9 Å². The topological polar surface area (TPSA) is 119 Å². The van der Waals surface area contributed by atoms with Gasteiger partial charge in [-0.05, 0) is 54.6 Å². The molecule has 0 N–H and O–H groups in total. The Kier molecular flexibility index (Phi) is 9.01. The standard InChI is InChI=1S/C30H32N6O6S/c1-21-2-6-23(7-3-21)41-19-14-36-26(37)25(43-30(36)38)20-22-4-8-24(9-5-22)42-29-32-27(34-10-15-39-16-11-34)31-28(33-29)35-12-17-40-18-13-35/h2-9,20H,10-19H2,1H3/b25-20-. The number of anilines is 2. The van der Waals surface area contributed by atoms with Gasteiger partial charge in [-0.1, -0.05) is 29.8 Å². The molecular weight excluding hydrogens is 572 g/mol. The van der Waals surface area contributed by atoms with Gasteiger partial charge in [0.2, 0.25) is 11.9 Å². The van der Waals surface area contributed by atoms with Crippen molar-refractivity contribution in [2.24, 2.45) is 0 Å². The van der Waals surface area contributed by atoms with Crippen LogP contribution in [-0.4, -0.2) is 96.8 Å².